The number of nitrogens with zero attached hydrogens (tertiary/aromatic N) is 4. The molecule has 0 radical (unpaired) electrons. The number of amides is 1. The lowest BCUT2D eigenvalue weighted by molar-refractivity contribution is -0.113. The minimum atomic E-state index is -0.104. The molecule has 0 bridgehead atoms. The summed E-state index contributed by atoms with van der Waals surface area (Å²) in [7, 11) is 0. The number of thioether (sulfide) groups is 1. The molecule has 0 aliphatic rings. The number of aromatic nitrogens is 4. The van der Waals surface area contributed by atoms with Crippen molar-refractivity contribution in [2.75, 3.05) is 11.1 Å². The second kappa shape index (κ2) is 7.56. The zero-order chi connectivity index (χ0) is 16.8. The lowest BCUT2D eigenvalue weighted by Gasteiger charge is -2.05. The highest BCUT2D eigenvalue weighted by molar-refractivity contribution is 7.99. The molecule has 0 aliphatic carbocycles. The van der Waals surface area contributed by atoms with Gasteiger partial charge in [0.15, 0.2) is 11.0 Å². The second-order valence-corrected chi connectivity index (χ2v) is 5.75. The summed E-state index contributed by atoms with van der Waals surface area (Å²) < 4.78 is 1.75. The first-order valence-corrected chi connectivity index (χ1v) is 8.22. The third kappa shape index (κ3) is 3.69. The van der Waals surface area contributed by atoms with Crippen LogP contribution in [0.25, 0.3) is 17.6 Å². The third-order valence-corrected chi connectivity index (χ3v) is 4.10. The molecule has 0 aliphatic heterocycles. The molecule has 0 unspecified atom stereocenters. The first-order chi connectivity index (χ1) is 11.8. The average molecular weight is 337 g/mol. The highest BCUT2D eigenvalue weighted by atomic mass is 32.2. The van der Waals surface area contributed by atoms with Crippen molar-refractivity contribution in [2.45, 2.75) is 5.16 Å². The Bertz CT molecular complexity index is 833. The van der Waals surface area contributed by atoms with Crippen molar-refractivity contribution in [2.24, 2.45) is 0 Å². The second-order valence-electron chi connectivity index (χ2n) is 4.80. The van der Waals surface area contributed by atoms with Crippen molar-refractivity contribution in [1.82, 2.24) is 19.7 Å². The zero-order valence-electron chi connectivity index (χ0n) is 12.8. The summed E-state index contributed by atoms with van der Waals surface area (Å²) in [4.78, 5) is 16.1. The SMILES string of the molecule is C=Cn1c(SCC(=O)Nc2ccccc2)nnc1-c1cccnc1. The fourth-order valence-corrected chi connectivity index (χ4v) is 2.81. The summed E-state index contributed by atoms with van der Waals surface area (Å²) in [5.74, 6) is 0.769. The molecule has 24 heavy (non-hydrogen) atoms. The molecule has 3 aromatic rings. The van der Waals surface area contributed by atoms with Gasteiger partial charge in [-0.1, -0.05) is 36.5 Å². The Kier molecular flexibility index (Phi) is 5.02. The van der Waals surface area contributed by atoms with Gasteiger partial charge in [-0.05, 0) is 24.3 Å². The predicted molar refractivity (Wildman–Crippen MR) is 95.4 cm³/mol. The number of hydrogen-bond donors (Lipinski definition) is 1. The van der Waals surface area contributed by atoms with E-state index < -0.39 is 0 Å². The van der Waals surface area contributed by atoms with Gasteiger partial charge in [0.05, 0.1) is 5.75 Å². The van der Waals surface area contributed by atoms with Gasteiger partial charge in [0.1, 0.15) is 0 Å². The van der Waals surface area contributed by atoms with Crippen molar-refractivity contribution in [3.05, 3.63) is 61.4 Å². The molecule has 2 heterocycles. The molecule has 1 N–H and O–H groups in total. The Labute approximate surface area is 143 Å². The Morgan fingerprint density at radius 2 is 2.04 bits per heavy atom. The maximum Gasteiger partial charge on any atom is 0.234 e. The van der Waals surface area contributed by atoms with E-state index >= 15 is 0 Å². The predicted octanol–water partition coefficient (Wildman–Crippen LogP) is 3.17. The number of anilines is 1. The number of nitrogens with one attached hydrogen (secondary N) is 1. The summed E-state index contributed by atoms with van der Waals surface area (Å²) in [5, 5.41) is 11.7. The topological polar surface area (TPSA) is 72.7 Å². The van der Waals surface area contributed by atoms with E-state index in [2.05, 4.69) is 27.1 Å². The zero-order valence-corrected chi connectivity index (χ0v) is 13.6. The molecule has 0 saturated heterocycles. The van der Waals surface area contributed by atoms with Crippen LogP contribution in [0.5, 0.6) is 0 Å². The fourth-order valence-electron chi connectivity index (χ4n) is 2.08. The highest BCUT2D eigenvalue weighted by Gasteiger charge is 2.14. The number of rotatable bonds is 6. The van der Waals surface area contributed by atoms with Crippen LogP contribution < -0.4 is 5.32 Å². The molecule has 2 aromatic heterocycles. The number of para-hydroxylation sites is 1. The van der Waals surface area contributed by atoms with Gasteiger partial charge in [-0.15, -0.1) is 10.2 Å². The largest absolute Gasteiger partial charge is 0.325 e. The minimum Gasteiger partial charge on any atom is -0.325 e. The third-order valence-electron chi connectivity index (χ3n) is 3.16. The fraction of sp³-hybridized carbons (Fsp3) is 0.0588. The average Bonchev–Trinajstić information content (AvgIpc) is 3.04. The molecule has 0 atom stereocenters. The molecule has 7 heteroatoms. The van der Waals surface area contributed by atoms with Crippen LogP contribution in [0, 0.1) is 0 Å². The van der Waals surface area contributed by atoms with Crippen LogP contribution in [0.15, 0.2) is 66.6 Å². The number of carbonyl (C=O) groups excluding carboxylic acids is 1. The van der Waals surface area contributed by atoms with E-state index in [1.54, 1.807) is 23.2 Å². The lowest BCUT2D eigenvalue weighted by Crippen LogP contribution is -2.14. The van der Waals surface area contributed by atoms with E-state index in [0.29, 0.717) is 11.0 Å². The van der Waals surface area contributed by atoms with Crippen LogP contribution in [-0.2, 0) is 4.79 Å². The quantitative estimate of drug-likeness (QED) is 0.700. The summed E-state index contributed by atoms with van der Waals surface area (Å²) in [5.41, 5.74) is 1.61. The van der Waals surface area contributed by atoms with Crippen LogP contribution in [0.3, 0.4) is 0 Å². The number of hydrogen-bond acceptors (Lipinski definition) is 5. The van der Waals surface area contributed by atoms with Gasteiger partial charge < -0.3 is 5.32 Å². The molecule has 0 spiro atoms. The summed E-state index contributed by atoms with van der Waals surface area (Å²) in [6, 6.07) is 13.1. The Balaban J connectivity index is 1.69. The number of benzene rings is 1. The van der Waals surface area contributed by atoms with E-state index in [1.807, 2.05) is 42.5 Å². The van der Waals surface area contributed by atoms with Crippen molar-refractivity contribution in [1.29, 1.82) is 0 Å². The Morgan fingerprint density at radius 1 is 1.21 bits per heavy atom. The molecule has 1 amide bonds. The first-order valence-electron chi connectivity index (χ1n) is 7.23. The van der Waals surface area contributed by atoms with Gasteiger partial charge in [-0.3, -0.25) is 14.3 Å². The van der Waals surface area contributed by atoms with Crippen LogP contribution in [-0.4, -0.2) is 31.4 Å². The monoisotopic (exact) mass is 337 g/mol. The van der Waals surface area contributed by atoms with Gasteiger partial charge in [-0.2, -0.15) is 0 Å². The summed E-state index contributed by atoms with van der Waals surface area (Å²) in [6.45, 7) is 3.79. The van der Waals surface area contributed by atoms with E-state index in [-0.39, 0.29) is 11.7 Å². The van der Waals surface area contributed by atoms with Crippen molar-refractivity contribution in [3.8, 4) is 11.4 Å². The Hall–Kier alpha value is -2.93. The maximum atomic E-state index is 12.0. The normalized spacial score (nSPS) is 10.3. The molecule has 3 rings (SSSR count). The van der Waals surface area contributed by atoms with Crippen molar-refractivity contribution in [3.63, 3.8) is 0 Å². The van der Waals surface area contributed by atoms with Gasteiger partial charge >= 0.3 is 0 Å². The maximum absolute atomic E-state index is 12.0. The van der Waals surface area contributed by atoms with Gasteiger partial charge in [-0.25, -0.2) is 0 Å². The van der Waals surface area contributed by atoms with Crippen LogP contribution in [0.2, 0.25) is 0 Å². The molecule has 1 aromatic carbocycles. The minimum absolute atomic E-state index is 0.104. The molecular formula is C17H15N5OS. The Morgan fingerprint density at radius 3 is 2.75 bits per heavy atom. The van der Waals surface area contributed by atoms with Crippen LogP contribution >= 0.6 is 11.8 Å². The van der Waals surface area contributed by atoms with Gasteiger partial charge in [0, 0.05) is 29.8 Å². The summed E-state index contributed by atoms with van der Waals surface area (Å²) >= 11 is 1.30. The van der Waals surface area contributed by atoms with Gasteiger partial charge in [0.25, 0.3) is 0 Å². The molecule has 120 valence electrons. The van der Waals surface area contributed by atoms with E-state index in [1.165, 1.54) is 11.8 Å². The van der Waals surface area contributed by atoms with E-state index in [9.17, 15) is 4.79 Å². The van der Waals surface area contributed by atoms with Crippen LogP contribution in [0.4, 0.5) is 5.69 Å². The summed E-state index contributed by atoms with van der Waals surface area (Å²) in [6.07, 6.45) is 5.03. The lowest BCUT2D eigenvalue weighted by atomic mass is 10.3. The number of pyridine rings is 1. The molecule has 0 fully saturated rings. The molecule has 0 saturated carbocycles. The standard InChI is InChI=1S/C17H15N5OS/c1-2-22-16(13-7-6-10-18-11-13)20-21-17(22)24-12-15(23)19-14-8-4-3-5-9-14/h2-11H,1,12H2,(H,19,23). The van der Waals surface area contributed by atoms with Crippen LogP contribution in [0.1, 0.15) is 0 Å². The van der Waals surface area contributed by atoms with E-state index in [0.717, 1.165) is 11.3 Å². The van der Waals surface area contributed by atoms with Gasteiger partial charge in [0.2, 0.25) is 5.91 Å². The van der Waals surface area contributed by atoms with E-state index in [4.69, 9.17) is 0 Å². The van der Waals surface area contributed by atoms with Crippen molar-refractivity contribution < 1.29 is 4.79 Å². The molecular weight excluding hydrogens is 322 g/mol. The smallest absolute Gasteiger partial charge is 0.234 e. The first kappa shape index (κ1) is 15.9. The molecule has 6 nitrogen and oxygen atoms in total. The van der Waals surface area contributed by atoms with Crippen molar-refractivity contribution >= 4 is 29.6 Å². The highest BCUT2D eigenvalue weighted by Crippen LogP contribution is 2.23. The number of carbonyl (C=O) groups is 1.